The molecule has 0 unspecified atom stereocenters. The summed E-state index contributed by atoms with van der Waals surface area (Å²) < 4.78 is 27.2. The fourth-order valence-electron chi connectivity index (χ4n) is 3.88. The summed E-state index contributed by atoms with van der Waals surface area (Å²) in [6, 6.07) is 5.10. The van der Waals surface area contributed by atoms with E-state index in [9.17, 15) is 13.2 Å². The van der Waals surface area contributed by atoms with E-state index >= 15 is 0 Å². The number of likely N-dealkylation sites (tertiary alicyclic amines) is 1. The third kappa shape index (κ3) is 6.89. The lowest BCUT2D eigenvalue weighted by molar-refractivity contribution is -0.126. The lowest BCUT2D eigenvalue weighted by Crippen LogP contribution is -2.44. The summed E-state index contributed by atoms with van der Waals surface area (Å²) in [7, 11) is -3.54. The molecule has 7 nitrogen and oxygen atoms in total. The quantitative estimate of drug-likeness (QED) is 0.391. The molecule has 2 rings (SSSR count). The minimum atomic E-state index is -3.54. The lowest BCUT2D eigenvalue weighted by atomic mass is 9.96. The van der Waals surface area contributed by atoms with Gasteiger partial charge in [0.1, 0.15) is 0 Å². The molecule has 0 aromatic heterocycles. The van der Waals surface area contributed by atoms with Crippen LogP contribution in [-0.2, 0) is 14.8 Å². The van der Waals surface area contributed by atoms with E-state index < -0.39 is 10.0 Å². The van der Waals surface area contributed by atoms with E-state index in [4.69, 9.17) is 12.2 Å². The molecule has 1 fully saturated rings. The third-order valence-electron chi connectivity index (χ3n) is 6.03. The number of benzene rings is 1. The molecule has 1 aliphatic heterocycles. The van der Waals surface area contributed by atoms with Gasteiger partial charge in [-0.15, -0.1) is 0 Å². The monoisotopic (exact) mass is 482 g/mol. The van der Waals surface area contributed by atoms with Gasteiger partial charge in [-0.1, -0.05) is 39.7 Å². The van der Waals surface area contributed by atoms with E-state index in [-0.39, 0.29) is 16.7 Å². The van der Waals surface area contributed by atoms with Crippen LogP contribution in [-0.4, -0.2) is 61.4 Å². The number of aryl methyl sites for hydroxylation is 1. The van der Waals surface area contributed by atoms with Crippen molar-refractivity contribution >= 4 is 38.9 Å². The Morgan fingerprint density at radius 1 is 1.16 bits per heavy atom. The van der Waals surface area contributed by atoms with Gasteiger partial charge in [0, 0.05) is 44.3 Å². The van der Waals surface area contributed by atoms with Crippen LogP contribution in [0.1, 0.15) is 58.4 Å². The van der Waals surface area contributed by atoms with Gasteiger partial charge >= 0.3 is 0 Å². The number of unbranched alkanes of at least 4 members (excludes halogenated alkanes) is 2. The van der Waals surface area contributed by atoms with Crippen LogP contribution in [0.2, 0.25) is 0 Å². The van der Waals surface area contributed by atoms with Gasteiger partial charge in [0.05, 0.1) is 4.90 Å². The van der Waals surface area contributed by atoms with E-state index in [1.165, 1.54) is 4.31 Å². The first-order chi connectivity index (χ1) is 15.2. The predicted molar refractivity (Wildman–Crippen MR) is 134 cm³/mol. The number of hydrogen-bond donors (Lipinski definition) is 2. The average molecular weight is 483 g/mol. The van der Waals surface area contributed by atoms with Crippen molar-refractivity contribution in [3.63, 3.8) is 0 Å². The standard InChI is InChI=1S/C23H38N4O3S2/c1-5-8-9-14-24-22(28)19-12-15-26(16-13-19)23(31)25-21-17-20(11-10-18(21)4)32(29,30)27(6-2)7-3/h10-11,17,19H,5-9,12-16H2,1-4H3,(H,24,28)(H,25,31). The molecule has 0 spiro atoms. The van der Waals surface area contributed by atoms with Gasteiger partial charge < -0.3 is 15.5 Å². The highest BCUT2D eigenvalue weighted by Crippen LogP contribution is 2.24. The molecule has 0 aliphatic carbocycles. The molecule has 9 heteroatoms. The summed E-state index contributed by atoms with van der Waals surface area (Å²) in [6.45, 7) is 10.7. The lowest BCUT2D eigenvalue weighted by Gasteiger charge is -2.33. The van der Waals surface area contributed by atoms with E-state index in [0.717, 1.165) is 44.2 Å². The molecule has 1 aromatic rings. The number of rotatable bonds is 10. The summed E-state index contributed by atoms with van der Waals surface area (Å²) in [5.41, 5.74) is 1.62. The summed E-state index contributed by atoms with van der Waals surface area (Å²) >= 11 is 5.61. The first-order valence-electron chi connectivity index (χ1n) is 11.7. The van der Waals surface area contributed by atoms with Crippen LogP contribution >= 0.6 is 12.2 Å². The first kappa shape index (κ1) is 26.5. The van der Waals surface area contributed by atoms with Crippen molar-refractivity contribution in [2.24, 2.45) is 5.92 Å². The molecular weight excluding hydrogens is 444 g/mol. The average Bonchev–Trinajstić information content (AvgIpc) is 2.78. The van der Waals surface area contributed by atoms with E-state index in [1.54, 1.807) is 18.2 Å². The van der Waals surface area contributed by atoms with Crippen molar-refractivity contribution in [3.05, 3.63) is 23.8 Å². The minimum Gasteiger partial charge on any atom is -0.356 e. The number of hydrogen-bond acceptors (Lipinski definition) is 4. The summed E-state index contributed by atoms with van der Waals surface area (Å²) in [5, 5.41) is 6.85. The molecule has 2 N–H and O–H groups in total. The minimum absolute atomic E-state index is 0.0277. The fourth-order valence-corrected chi connectivity index (χ4v) is 5.66. The maximum atomic E-state index is 12.9. The molecule has 0 saturated carbocycles. The molecule has 1 amide bonds. The second-order valence-electron chi connectivity index (χ2n) is 8.26. The van der Waals surface area contributed by atoms with Crippen LogP contribution < -0.4 is 10.6 Å². The van der Waals surface area contributed by atoms with Gasteiger partial charge in [-0.05, 0) is 56.1 Å². The second-order valence-corrected chi connectivity index (χ2v) is 10.6. The molecule has 1 aliphatic rings. The van der Waals surface area contributed by atoms with E-state index in [2.05, 4.69) is 22.5 Å². The molecule has 1 aromatic carbocycles. The number of anilines is 1. The Kier molecular flexibility index (Phi) is 10.4. The van der Waals surface area contributed by atoms with Crippen molar-refractivity contribution in [1.29, 1.82) is 0 Å². The zero-order valence-corrected chi connectivity index (χ0v) is 21.4. The molecular formula is C23H38N4O3S2. The smallest absolute Gasteiger partial charge is 0.243 e. The van der Waals surface area contributed by atoms with Crippen LogP contribution in [0.25, 0.3) is 0 Å². The maximum absolute atomic E-state index is 12.9. The van der Waals surface area contributed by atoms with E-state index in [1.807, 2.05) is 20.8 Å². The molecule has 0 atom stereocenters. The first-order valence-corrected chi connectivity index (χ1v) is 13.5. The zero-order chi connectivity index (χ0) is 23.7. The van der Waals surface area contributed by atoms with Crippen LogP contribution in [0.15, 0.2) is 23.1 Å². The molecule has 1 saturated heterocycles. The van der Waals surface area contributed by atoms with Crippen molar-refractivity contribution in [2.75, 3.05) is 38.0 Å². The van der Waals surface area contributed by atoms with Gasteiger partial charge in [-0.3, -0.25) is 4.79 Å². The third-order valence-corrected chi connectivity index (χ3v) is 8.43. The summed E-state index contributed by atoms with van der Waals surface area (Å²) in [6.07, 6.45) is 4.82. The Bertz CT molecular complexity index is 877. The number of piperidine rings is 1. The van der Waals surface area contributed by atoms with Crippen LogP contribution in [0.5, 0.6) is 0 Å². The zero-order valence-electron chi connectivity index (χ0n) is 19.8. The van der Waals surface area contributed by atoms with Crippen molar-refractivity contribution in [3.8, 4) is 0 Å². The normalized spacial score (nSPS) is 15.1. The van der Waals surface area contributed by atoms with Gasteiger partial charge in [0.25, 0.3) is 0 Å². The van der Waals surface area contributed by atoms with Crippen LogP contribution in [0.4, 0.5) is 5.69 Å². The fraction of sp³-hybridized carbons (Fsp3) is 0.652. The Morgan fingerprint density at radius 2 is 1.81 bits per heavy atom. The molecule has 1 heterocycles. The van der Waals surface area contributed by atoms with E-state index in [0.29, 0.717) is 37.0 Å². The number of amides is 1. The Labute approximate surface area is 199 Å². The largest absolute Gasteiger partial charge is 0.356 e. The topological polar surface area (TPSA) is 81.8 Å². The Balaban J connectivity index is 1.97. The molecule has 0 bridgehead atoms. The number of sulfonamides is 1. The number of carbonyl (C=O) groups is 1. The van der Waals surface area contributed by atoms with Crippen molar-refractivity contribution < 1.29 is 13.2 Å². The van der Waals surface area contributed by atoms with Gasteiger partial charge in [-0.2, -0.15) is 4.31 Å². The van der Waals surface area contributed by atoms with Crippen molar-refractivity contribution in [2.45, 2.75) is 64.7 Å². The number of nitrogens with one attached hydrogen (secondary N) is 2. The Hall–Kier alpha value is -1.71. The predicted octanol–water partition coefficient (Wildman–Crippen LogP) is 3.74. The number of nitrogens with zero attached hydrogens (tertiary/aromatic N) is 2. The van der Waals surface area contributed by atoms with Crippen LogP contribution in [0, 0.1) is 12.8 Å². The summed E-state index contributed by atoms with van der Waals surface area (Å²) in [4.78, 5) is 14.7. The molecule has 180 valence electrons. The van der Waals surface area contributed by atoms with Gasteiger partial charge in [-0.25, -0.2) is 8.42 Å². The maximum Gasteiger partial charge on any atom is 0.243 e. The summed E-state index contributed by atoms with van der Waals surface area (Å²) in [5.74, 6) is 0.171. The second kappa shape index (κ2) is 12.5. The highest BCUT2D eigenvalue weighted by Gasteiger charge is 2.27. The highest BCUT2D eigenvalue weighted by atomic mass is 32.2. The SMILES string of the molecule is CCCCCNC(=O)C1CCN(C(=S)Nc2cc(S(=O)(=O)N(CC)CC)ccc2C)CC1. The number of thiocarbonyl (C=S) groups is 1. The highest BCUT2D eigenvalue weighted by molar-refractivity contribution is 7.89. The van der Waals surface area contributed by atoms with Gasteiger partial charge in [0.15, 0.2) is 5.11 Å². The van der Waals surface area contributed by atoms with Gasteiger partial charge in [0.2, 0.25) is 15.9 Å². The number of carbonyl (C=O) groups excluding carboxylic acids is 1. The molecule has 32 heavy (non-hydrogen) atoms. The van der Waals surface area contributed by atoms with Crippen LogP contribution in [0.3, 0.4) is 0 Å². The van der Waals surface area contributed by atoms with Crippen molar-refractivity contribution in [1.82, 2.24) is 14.5 Å². The Morgan fingerprint density at radius 3 is 2.41 bits per heavy atom. The molecule has 0 radical (unpaired) electrons.